The summed E-state index contributed by atoms with van der Waals surface area (Å²) in [4.78, 5) is 38.1. The number of ether oxygens (including phenoxy) is 2. The second-order valence-electron chi connectivity index (χ2n) is 5.00. The number of rotatable bonds is 6. The Kier molecular flexibility index (Phi) is 4.95. The smallest absolute Gasteiger partial charge is 0.355 e. The van der Waals surface area contributed by atoms with Crippen LogP contribution in [0.25, 0.3) is 0 Å². The number of methoxy groups -OCH3 is 1. The van der Waals surface area contributed by atoms with Gasteiger partial charge in [-0.2, -0.15) is 0 Å². The number of carbonyl (C=O) groups excluding carboxylic acids is 3. The van der Waals surface area contributed by atoms with E-state index in [1.54, 1.807) is 24.3 Å². The van der Waals surface area contributed by atoms with E-state index >= 15 is 0 Å². The number of esters is 1. The highest BCUT2D eigenvalue weighted by Crippen LogP contribution is 2.15. The summed E-state index contributed by atoms with van der Waals surface area (Å²) in [6, 6.07) is 7.93. The van der Waals surface area contributed by atoms with Crippen LogP contribution in [0.2, 0.25) is 0 Å². The Morgan fingerprint density at radius 2 is 1.74 bits per heavy atom. The Bertz CT molecular complexity index is 730. The van der Waals surface area contributed by atoms with Crippen molar-refractivity contribution in [2.45, 2.75) is 20.0 Å². The number of benzene rings is 1. The summed E-state index contributed by atoms with van der Waals surface area (Å²) >= 11 is 0. The van der Waals surface area contributed by atoms with Gasteiger partial charge in [-0.25, -0.2) is 4.79 Å². The maximum atomic E-state index is 12.2. The molecule has 2 rings (SSSR count). The molecular weight excluding hydrogens is 298 g/mol. The summed E-state index contributed by atoms with van der Waals surface area (Å²) in [5, 5.41) is 0. The first-order chi connectivity index (χ1) is 10.9. The fraction of sp³-hybridized carbons (Fsp3) is 0.235. The van der Waals surface area contributed by atoms with Crippen LogP contribution in [0, 0.1) is 0 Å². The molecule has 0 unspecified atom stereocenters. The molecule has 1 atom stereocenters. The number of ketones is 2. The van der Waals surface area contributed by atoms with E-state index in [1.165, 1.54) is 33.2 Å². The molecule has 0 aliphatic heterocycles. The number of Topliss-reactive ketones (excluding diaryl/α,β-unsaturated/α-hetero) is 2. The van der Waals surface area contributed by atoms with E-state index in [4.69, 9.17) is 9.47 Å². The molecule has 0 radical (unpaired) electrons. The molecule has 0 bridgehead atoms. The van der Waals surface area contributed by atoms with Crippen LogP contribution in [0.1, 0.15) is 45.1 Å². The molecule has 6 nitrogen and oxygen atoms in total. The number of hydrogen-bond donors (Lipinski definition) is 1. The molecule has 0 amide bonds. The molecule has 0 saturated carbocycles. The Labute approximate surface area is 133 Å². The zero-order valence-corrected chi connectivity index (χ0v) is 13.1. The molecule has 0 aliphatic carbocycles. The highest BCUT2D eigenvalue weighted by molar-refractivity contribution is 6.02. The van der Waals surface area contributed by atoms with E-state index in [-0.39, 0.29) is 17.3 Å². The Balaban J connectivity index is 2.04. The Morgan fingerprint density at radius 3 is 2.26 bits per heavy atom. The molecule has 1 aromatic heterocycles. The summed E-state index contributed by atoms with van der Waals surface area (Å²) in [5.74, 6) is -0.539. The summed E-state index contributed by atoms with van der Waals surface area (Å²) in [6.07, 6.45) is 0.481. The normalized spacial score (nSPS) is 11.6. The number of nitrogens with one attached hydrogen (secondary N) is 1. The minimum absolute atomic E-state index is 0.129. The van der Waals surface area contributed by atoms with E-state index in [0.717, 1.165) is 0 Å². The van der Waals surface area contributed by atoms with Crippen molar-refractivity contribution in [1.29, 1.82) is 0 Å². The number of H-pyrrole nitrogens is 1. The van der Waals surface area contributed by atoms with Gasteiger partial charge in [0.05, 0.1) is 7.11 Å². The van der Waals surface area contributed by atoms with Gasteiger partial charge < -0.3 is 14.5 Å². The highest BCUT2D eigenvalue weighted by Gasteiger charge is 2.21. The van der Waals surface area contributed by atoms with Crippen LogP contribution < -0.4 is 4.74 Å². The maximum Gasteiger partial charge on any atom is 0.355 e. The van der Waals surface area contributed by atoms with E-state index in [2.05, 4.69) is 4.98 Å². The van der Waals surface area contributed by atoms with Gasteiger partial charge in [0.15, 0.2) is 11.9 Å². The van der Waals surface area contributed by atoms with Crippen LogP contribution in [0.15, 0.2) is 36.5 Å². The quantitative estimate of drug-likeness (QED) is 0.654. The molecule has 0 saturated heterocycles. The van der Waals surface area contributed by atoms with Gasteiger partial charge in [0.25, 0.3) is 0 Å². The SMILES string of the molecule is COc1ccc(C(=O)[C@@H](C)OC(=O)c2cc(C(C)=O)c[nH]2)cc1. The number of carbonyl (C=O) groups is 3. The number of hydrogen-bond acceptors (Lipinski definition) is 5. The van der Waals surface area contributed by atoms with E-state index in [0.29, 0.717) is 16.9 Å². The molecule has 23 heavy (non-hydrogen) atoms. The van der Waals surface area contributed by atoms with Gasteiger partial charge in [-0.05, 0) is 44.2 Å². The second kappa shape index (κ2) is 6.91. The number of aromatic nitrogens is 1. The topological polar surface area (TPSA) is 85.5 Å². The van der Waals surface area contributed by atoms with Gasteiger partial charge in [-0.1, -0.05) is 0 Å². The van der Waals surface area contributed by atoms with Crippen molar-refractivity contribution in [1.82, 2.24) is 4.98 Å². The minimum atomic E-state index is -0.944. The van der Waals surface area contributed by atoms with Crippen LogP contribution in [-0.2, 0) is 4.74 Å². The molecule has 0 spiro atoms. The monoisotopic (exact) mass is 315 g/mol. The third kappa shape index (κ3) is 3.85. The average Bonchev–Trinajstić information content (AvgIpc) is 3.04. The first-order valence-electron chi connectivity index (χ1n) is 7.01. The van der Waals surface area contributed by atoms with Gasteiger partial charge in [0.1, 0.15) is 11.4 Å². The fourth-order valence-electron chi connectivity index (χ4n) is 1.98. The molecule has 120 valence electrons. The molecule has 1 heterocycles. The Morgan fingerprint density at radius 1 is 1.09 bits per heavy atom. The predicted octanol–water partition coefficient (Wildman–Crippen LogP) is 2.65. The first-order valence-corrected chi connectivity index (χ1v) is 7.01. The van der Waals surface area contributed by atoms with Gasteiger partial charge in [-0.3, -0.25) is 9.59 Å². The summed E-state index contributed by atoms with van der Waals surface area (Å²) in [6.45, 7) is 2.90. The average molecular weight is 315 g/mol. The summed E-state index contributed by atoms with van der Waals surface area (Å²) < 4.78 is 10.2. The van der Waals surface area contributed by atoms with E-state index in [9.17, 15) is 14.4 Å². The fourth-order valence-corrected chi connectivity index (χ4v) is 1.98. The van der Waals surface area contributed by atoms with Crippen molar-refractivity contribution in [3.8, 4) is 5.75 Å². The molecular formula is C17H17NO5. The van der Waals surface area contributed by atoms with Gasteiger partial charge in [0.2, 0.25) is 5.78 Å². The summed E-state index contributed by atoms with van der Waals surface area (Å²) in [7, 11) is 1.53. The van der Waals surface area contributed by atoms with Crippen LogP contribution in [0.3, 0.4) is 0 Å². The lowest BCUT2D eigenvalue weighted by Crippen LogP contribution is -2.24. The Hall–Kier alpha value is -2.89. The lowest BCUT2D eigenvalue weighted by Gasteiger charge is -2.12. The van der Waals surface area contributed by atoms with Crippen LogP contribution in [0.5, 0.6) is 5.75 Å². The van der Waals surface area contributed by atoms with Crippen LogP contribution >= 0.6 is 0 Å². The standard InChI is InChI=1S/C17H17NO5/c1-10(19)13-8-15(18-9-13)17(21)23-11(2)16(20)12-4-6-14(22-3)7-5-12/h4-9,11,18H,1-3H3/t11-/m1/s1. The van der Waals surface area contributed by atoms with Crippen molar-refractivity contribution in [3.05, 3.63) is 53.3 Å². The molecule has 6 heteroatoms. The lowest BCUT2D eigenvalue weighted by molar-refractivity contribution is 0.0314. The van der Waals surface area contributed by atoms with Crippen LogP contribution in [-0.4, -0.2) is 35.7 Å². The first kappa shape index (κ1) is 16.5. The van der Waals surface area contributed by atoms with Gasteiger partial charge >= 0.3 is 5.97 Å². The molecule has 1 N–H and O–H groups in total. The molecule has 1 aromatic carbocycles. The van der Waals surface area contributed by atoms with Crippen molar-refractivity contribution in [2.75, 3.05) is 7.11 Å². The number of aromatic amines is 1. The third-order valence-electron chi connectivity index (χ3n) is 3.34. The van der Waals surface area contributed by atoms with E-state index < -0.39 is 12.1 Å². The van der Waals surface area contributed by atoms with Gasteiger partial charge in [-0.15, -0.1) is 0 Å². The lowest BCUT2D eigenvalue weighted by atomic mass is 10.1. The maximum absolute atomic E-state index is 12.2. The molecule has 2 aromatic rings. The predicted molar refractivity (Wildman–Crippen MR) is 83.0 cm³/mol. The molecule has 0 aliphatic rings. The van der Waals surface area contributed by atoms with Crippen molar-refractivity contribution >= 4 is 17.5 Å². The van der Waals surface area contributed by atoms with Crippen LogP contribution in [0.4, 0.5) is 0 Å². The summed E-state index contributed by atoms with van der Waals surface area (Å²) in [5.41, 5.74) is 0.928. The third-order valence-corrected chi connectivity index (χ3v) is 3.34. The second-order valence-corrected chi connectivity index (χ2v) is 5.00. The molecule has 0 fully saturated rings. The van der Waals surface area contributed by atoms with Crippen molar-refractivity contribution in [3.63, 3.8) is 0 Å². The van der Waals surface area contributed by atoms with Crippen molar-refractivity contribution in [2.24, 2.45) is 0 Å². The van der Waals surface area contributed by atoms with Gasteiger partial charge in [0, 0.05) is 17.3 Å². The minimum Gasteiger partial charge on any atom is -0.497 e. The van der Waals surface area contributed by atoms with Crippen molar-refractivity contribution < 1.29 is 23.9 Å². The zero-order valence-electron chi connectivity index (χ0n) is 13.1. The van der Waals surface area contributed by atoms with E-state index in [1.807, 2.05) is 0 Å². The largest absolute Gasteiger partial charge is 0.497 e. The zero-order chi connectivity index (χ0) is 17.0. The highest BCUT2D eigenvalue weighted by atomic mass is 16.5.